The summed E-state index contributed by atoms with van der Waals surface area (Å²) in [6.07, 6.45) is -0.390. The Labute approximate surface area is 120 Å². The molecule has 1 unspecified atom stereocenters. The Bertz CT molecular complexity index is 523. The predicted octanol–water partition coefficient (Wildman–Crippen LogP) is 1.53. The first kappa shape index (κ1) is 16.5. The van der Waals surface area contributed by atoms with Gasteiger partial charge in [-0.2, -0.15) is 0 Å². The fourth-order valence-electron chi connectivity index (χ4n) is 1.37. The van der Waals surface area contributed by atoms with E-state index in [1.807, 2.05) is 0 Å². The van der Waals surface area contributed by atoms with Crippen molar-refractivity contribution in [3.05, 3.63) is 28.5 Å². The summed E-state index contributed by atoms with van der Waals surface area (Å²) in [4.78, 5) is -0.0267. The third kappa shape index (κ3) is 4.81. The Morgan fingerprint density at radius 3 is 2.63 bits per heavy atom. The molecular formula is C11H15BrFNO4S. The van der Waals surface area contributed by atoms with E-state index in [0.717, 1.165) is 12.1 Å². The third-order valence-electron chi connectivity index (χ3n) is 2.37. The molecule has 8 heteroatoms. The summed E-state index contributed by atoms with van der Waals surface area (Å²) in [7, 11) is -0.769. The van der Waals surface area contributed by atoms with Crippen LogP contribution in [0.4, 0.5) is 4.39 Å². The molecule has 19 heavy (non-hydrogen) atoms. The molecule has 0 heterocycles. The zero-order chi connectivity index (χ0) is 14.5. The lowest BCUT2D eigenvalue weighted by molar-refractivity contribution is 0.0320. The zero-order valence-corrected chi connectivity index (χ0v) is 12.9. The molecule has 1 aromatic carbocycles. The van der Waals surface area contributed by atoms with Crippen molar-refractivity contribution in [3.63, 3.8) is 0 Å². The number of hydrogen-bond acceptors (Lipinski definition) is 4. The lowest BCUT2D eigenvalue weighted by Gasteiger charge is -2.15. The molecule has 108 valence electrons. The molecule has 0 aliphatic carbocycles. The van der Waals surface area contributed by atoms with Gasteiger partial charge in [-0.05, 0) is 34.1 Å². The lowest BCUT2D eigenvalue weighted by Crippen LogP contribution is -2.35. The highest BCUT2D eigenvalue weighted by Gasteiger charge is 2.19. The second kappa shape index (κ2) is 7.30. The van der Waals surface area contributed by atoms with Gasteiger partial charge >= 0.3 is 0 Å². The molecule has 0 spiro atoms. The number of halogens is 2. The number of rotatable bonds is 7. The highest BCUT2D eigenvalue weighted by atomic mass is 79.9. The second-order valence-electron chi connectivity index (χ2n) is 3.74. The first-order chi connectivity index (χ1) is 8.90. The summed E-state index contributed by atoms with van der Waals surface area (Å²) in [5.74, 6) is -0.514. The van der Waals surface area contributed by atoms with Crippen LogP contribution in [0, 0.1) is 5.82 Å². The Kier molecular flexibility index (Phi) is 6.34. The largest absolute Gasteiger partial charge is 0.382 e. The summed E-state index contributed by atoms with van der Waals surface area (Å²) in [6.45, 7) is 0.333. The highest BCUT2D eigenvalue weighted by molar-refractivity contribution is 9.10. The summed E-state index contributed by atoms with van der Waals surface area (Å²) in [5, 5.41) is 0. The van der Waals surface area contributed by atoms with Gasteiger partial charge in [0.25, 0.3) is 0 Å². The van der Waals surface area contributed by atoms with Crippen molar-refractivity contribution in [2.75, 3.05) is 27.4 Å². The van der Waals surface area contributed by atoms with Crippen LogP contribution in [0.5, 0.6) is 0 Å². The van der Waals surface area contributed by atoms with Gasteiger partial charge in [-0.25, -0.2) is 17.5 Å². The van der Waals surface area contributed by atoms with E-state index in [9.17, 15) is 12.8 Å². The average molecular weight is 356 g/mol. The second-order valence-corrected chi connectivity index (χ2v) is 6.33. The molecular weight excluding hydrogens is 341 g/mol. The predicted molar refractivity (Wildman–Crippen MR) is 72.0 cm³/mol. The molecule has 5 nitrogen and oxygen atoms in total. The normalized spacial score (nSPS) is 13.5. The first-order valence-corrected chi connectivity index (χ1v) is 7.64. The SMILES string of the molecule is COCC(CNS(=O)(=O)c1ccc(F)cc1Br)OC. The summed E-state index contributed by atoms with van der Waals surface area (Å²) >= 11 is 3.02. The van der Waals surface area contributed by atoms with E-state index in [1.165, 1.54) is 20.3 Å². The van der Waals surface area contributed by atoms with E-state index in [-0.39, 0.29) is 28.6 Å². The first-order valence-electron chi connectivity index (χ1n) is 5.37. The van der Waals surface area contributed by atoms with Gasteiger partial charge in [-0.3, -0.25) is 0 Å². The molecule has 1 rings (SSSR count). The van der Waals surface area contributed by atoms with E-state index < -0.39 is 15.8 Å². The van der Waals surface area contributed by atoms with Crippen molar-refractivity contribution in [2.24, 2.45) is 0 Å². The van der Waals surface area contributed by atoms with Gasteiger partial charge in [0.2, 0.25) is 10.0 Å². The molecule has 0 amide bonds. The van der Waals surface area contributed by atoms with Gasteiger partial charge in [0.1, 0.15) is 5.82 Å². The number of nitrogens with one attached hydrogen (secondary N) is 1. The van der Waals surface area contributed by atoms with Crippen LogP contribution < -0.4 is 4.72 Å². The Morgan fingerprint density at radius 2 is 2.11 bits per heavy atom. The number of benzene rings is 1. The smallest absolute Gasteiger partial charge is 0.241 e. The van der Waals surface area contributed by atoms with Crippen LogP contribution >= 0.6 is 15.9 Å². The maximum Gasteiger partial charge on any atom is 0.241 e. The van der Waals surface area contributed by atoms with Gasteiger partial charge in [0.15, 0.2) is 0 Å². The van der Waals surface area contributed by atoms with Gasteiger partial charge in [-0.1, -0.05) is 0 Å². The standard InChI is InChI=1S/C11H15BrFNO4S/c1-17-7-9(18-2)6-14-19(15,16)11-4-3-8(13)5-10(11)12/h3-5,9,14H,6-7H2,1-2H3. The van der Waals surface area contributed by atoms with Crippen molar-refractivity contribution < 1.29 is 22.3 Å². The molecule has 0 bridgehead atoms. The molecule has 1 atom stereocenters. The van der Waals surface area contributed by atoms with E-state index in [1.54, 1.807) is 0 Å². The molecule has 0 saturated carbocycles. The minimum atomic E-state index is -3.73. The Balaban J connectivity index is 2.81. The van der Waals surface area contributed by atoms with Gasteiger partial charge < -0.3 is 9.47 Å². The highest BCUT2D eigenvalue weighted by Crippen LogP contribution is 2.22. The van der Waals surface area contributed by atoms with Crippen LogP contribution in [-0.2, 0) is 19.5 Å². The summed E-state index contributed by atoms with van der Waals surface area (Å²) < 4.78 is 49.5. The molecule has 0 aromatic heterocycles. The number of sulfonamides is 1. The number of ether oxygens (including phenoxy) is 2. The number of hydrogen-bond donors (Lipinski definition) is 1. The van der Waals surface area contributed by atoms with Gasteiger partial charge in [-0.15, -0.1) is 0 Å². The maximum atomic E-state index is 12.9. The van der Waals surface area contributed by atoms with E-state index >= 15 is 0 Å². The third-order valence-corrected chi connectivity index (χ3v) is 4.77. The maximum absolute atomic E-state index is 12.9. The van der Waals surface area contributed by atoms with Crippen LogP contribution in [0.25, 0.3) is 0 Å². The Morgan fingerprint density at radius 1 is 1.42 bits per heavy atom. The van der Waals surface area contributed by atoms with Crippen LogP contribution in [0.2, 0.25) is 0 Å². The van der Waals surface area contributed by atoms with Crippen molar-refractivity contribution in [1.82, 2.24) is 4.72 Å². The van der Waals surface area contributed by atoms with Crippen molar-refractivity contribution in [1.29, 1.82) is 0 Å². The van der Waals surface area contributed by atoms with Crippen molar-refractivity contribution >= 4 is 26.0 Å². The summed E-state index contributed by atoms with van der Waals surface area (Å²) in [6, 6.07) is 3.37. The Hall–Kier alpha value is -0.540. The number of methoxy groups -OCH3 is 2. The quantitative estimate of drug-likeness (QED) is 0.805. The molecule has 0 aliphatic rings. The molecule has 1 N–H and O–H groups in total. The zero-order valence-electron chi connectivity index (χ0n) is 10.5. The monoisotopic (exact) mass is 355 g/mol. The summed E-state index contributed by atoms with van der Waals surface area (Å²) in [5.41, 5.74) is 0. The molecule has 0 radical (unpaired) electrons. The fraction of sp³-hybridized carbons (Fsp3) is 0.455. The lowest BCUT2D eigenvalue weighted by atomic mass is 10.3. The van der Waals surface area contributed by atoms with Crippen LogP contribution in [0.15, 0.2) is 27.6 Å². The minimum Gasteiger partial charge on any atom is -0.382 e. The van der Waals surface area contributed by atoms with Crippen LogP contribution in [-0.4, -0.2) is 41.9 Å². The topological polar surface area (TPSA) is 64.6 Å². The molecule has 0 fully saturated rings. The van der Waals surface area contributed by atoms with Crippen LogP contribution in [0.3, 0.4) is 0 Å². The van der Waals surface area contributed by atoms with E-state index in [0.29, 0.717) is 0 Å². The molecule has 0 saturated heterocycles. The van der Waals surface area contributed by atoms with Crippen molar-refractivity contribution in [3.8, 4) is 0 Å². The molecule has 0 aliphatic heterocycles. The average Bonchev–Trinajstić information content (AvgIpc) is 2.34. The van der Waals surface area contributed by atoms with Crippen LogP contribution in [0.1, 0.15) is 0 Å². The van der Waals surface area contributed by atoms with E-state index in [2.05, 4.69) is 20.7 Å². The fourth-order valence-corrected chi connectivity index (χ4v) is 3.48. The minimum absolute atomic E-state index is 0.0267. The van der Waals surface area contributed by atoms with Gasteiger partial charge in [0, 0.05) is 25.2 Å². The molecule has 1 aromatic rings. The van der Waals surface area contributed by atoms with Gasteiger partial charge in [0.05, 0.1) is 17.6 Å². The van der Waals surface area contributed by atoms with E-state index in [4.69, 9.17) is 9.47 Å². The van der Waals surface area contributed by atoms with Crippen molar-refractivity contribution in [2.45, 2.75) is 11.0 Å².